The van der Waals surface area contributed by atoms with Crippen molar-refractivity contribution in [3.05, 3.63) is 29.3 Å². The number of fused-ring (bicyclic) bond motifs is 3. The van der Waals surface area contributed by atoms with Crippen LogP contribution in [0.2, 0.25) is 0 Å². The van der Waals surface area contributed by atoms with Gasteiger partial charge in [-0.3, -0.25) is 0 Å². The minimum atomic E-state index is 0. The third-order valence-corrected chi connectivity index (χ3v) is 4.87. The third kappa shape index (κ3) is 1.59. The van der Waals surface area contributed by atoms with Gasteiger partial charge >= 0.3 is 0 Å². The number of nitrogens with zero attached hydrogens (tertiary/aromatic N) is 1. The molecule has 3 heteroatoms. The summed E-state index contributed by atoms with van der Waals surface area (Å²) in [6, 6.07) is 8.53. The van der Waals surface area contributed by atoms with Crippen molar-refractivity contribution in [1.82, 2.24) is 5.32 Å². The molecule has 0 bridgehead atoms. The second kappa shape index (κ2) is 4.43. The maximum absolute atomic E-state index is 3.73. The van der Waals surface area contributed by atoms with Gasteiger partial charge in [0.05, 0.1) is 6.04 Å². The molecule has 3 unspecified atom stereocenters. The molecule has 1 aliphatic carbocycles. The average molecular weight is 265 g/mol. The van der Waals surface area contributed by atoms with E-state index in [1.165, 1.54) is 37.1 Å². The summed E-state index contributed by atoms with van der Waals surface area (Å²) < 4.78 is 0. The molecule has 2 aliphatic heterocycles. The first-order valence-electron chi connectivity index (χ1n) is 6.95. The van der Waals surface area contributed by atoms with Crippen molar-refractivity contribution in [1.29, 1.82) is 0 Å². The number of aryl methyl sites for hydroxylation is 1. The summed E-state index contributed by atoms with van der Waals surface area (Å²) in [5.74, 6) is 0.788. The molecule has 1 aromatic carbocycles. The number of halogens is 1. The highest BCUT2D eigenvalue weighted by Crippen LogP contribution is 2.48. The van der Waals surface area contributed by atoms with E-state index in [4.69, 9.17) is 0 Å². The van der Waals surface area contributed by atoms with Crippen LogP contribution in [0.1, 0.15) is 36.3 Å². The predicted octanol–water partition coefficient (Wildman–Crippen LogP) is 2.84. The molecular formula is C15H21ClN2. The molecule has 0 aromatic heterocycles. The molecule has 1 N–H and O–H groups in total. The van der Waals surface area contributed by atoms with Gasteiger partial charge in [-0.1, -0.05) is 24.1 Å². The number of nitrogens with one attached hydrogen (secondary N) is 1. The van der Waals surface area contributed by atoms with Crippen LogP contribution in [0.4, 0.5) is 5.69 Å². The molecule has 1 saturated carbocycles. The van der Waals surface area contributed by atoms with Crippen LogP contribution in [0.3, 0.4) is 0 Å². The van der Waals surface area contributed by atoms with Crippen LogP contribution in [0.5, 0.6) is 0 Å². The van der Waals surface area contributed by atoms with Gasteiger partial charge in [-0.15, -0.1) is 12.4 Å². The fourth-order valence-electron chi connectivity index (χ4n) is 4.21. The normalized spacial score (nSPS) is 32.5. The maximum Gasteiger partial charge on any atom is 0.0513 e. The summed E-state index contributed by atoms with van der Waals surface area (Å²) >= 11 is 0. The lowest BCUT2D eigenvalue weighted by molar-refractivity contribution is 0.270. The number of anilines is 1. The number of benzene rings is 1. The molecule has 1 aromatic rings. The number of hydrogen-bond donors (Lipinski definition) is 1. The van der Waals surface area contributed by atoms with E-state index in [1.807, 2.05) is 0 Å². The Labute approximate surface area is 115 Å². The lowest BCUT2D eigenvalue weighted by atomic mass is 9.78. The minimum absolute atomic E-state index is 0. The zero-order chi connectivity index (χ0) is 11.4. The van der Waals surface area contributed by atoms with Crippen LogP contribution in [-0.4, -0.2) is 25.2 Å². The van der Waals surface area contributed by atoms with E-state index in [9.17, 15) is 0 Å². The highest BCUT2D eigenvalue weighted by atomic mass is 35.5. The molecule has 2 nitrogen and oxygen atoms in total. The average Bonchev–Trinajstić information content (AvgIpc) is 2.67. The summed E-state index contributed by atoms with van der Waals surface area (Å²) in [7, 11) is 0. The van der Waals surface area contributed by atoms with Crippen LogP contribution in [0, 0.1) is 6.92 Å². The molecule has 18 heavy (non-hydrogen) atoms. The Bertz CT molecular complexity index is 458. The molecule has 0 amide bonds. The van der Waals surface area contributed by atoms with E-state index in [0.29, 0.717) is 0 Å². The largest absolute Gasteiger partial charge is 0.365 e. The van der Waals surface area contributed by atoms with Crippen LogP contribution in [-0.2, 0) is 0 Å². The summed E-state index contributed by atoms with van der Waals surface area (Å²) in [5, 5.41) is 3.73. The topological polar surface area (TPSA) is 15.3 Å². The maximum atomic E-state index is 3.73. The Balaban J connectivity index is 0.000001000. The van der Waals surface area contributed by atoms with Crippen LogP contribution in [0.15, 0.2) is 18.2 Å². The van der Waals surface area contributed by atoms with Crippen LogP contribution < -0.4 is 10.2 Å². The van der Waals surface area contributed by atoms with Gasteiger partial charge in [-0.05, 0) is 31.4 Å². The van der Waals surface area contributed by atoms with Crippen LogP contribution in [0.25, 0.3) is 0 Å². The molecule has 0 spiro atoms. The van der Waals surface area contributed by atoms with Crippen molar-refractivity contribution < 1.29 is 0 Å². The minimum Gasteiger partial charge on any atom is -0.365 e. The van der Waals surface area contributed by atoms with E-state index >= 15 is 0 Å². The van der Waals surface area contributed by atoms with Gasteiger partial charge in [0, 0.05) is 30.7 Å². The van der Waals surface area contributed by atoms with Crippen molar-refractivity contribution in [3.63, 3.8) is 0 Å². The Hall–Kier alpha value is -0.730. The first-order valence-corrected chi connectivity index (χ1v) is 6.95. The van der Waals surface area contributed by atoms with E-state index < -0.39 is 0 Å². The van der Waals surface area contributed by atoms with Gasteiger partial charge in [-0.2, -0.15) is 0 Å². The zero-order valence-electron chi connectivity index (χ0n) is 10.9. The Morgan fingerprint density at radius 2 is 2.17 bits per heavy atom. The molecule has 0 radical (unpaired) electrons. The summed E-state index contributed by atoms with van der Waals surface area (Å²) in [6.45, 7) is 4.56. The molecule has 4 rings (SSSR count). The first kappa shape index (κ1) is 12.3. The molecular weight excluding hydrogens is 244 g/mol. The van der Waals surface area contributed by atoms with E-state index in [2.05, 4.69) is 35.3 Å². The van der Waals surface area contributed by atoms with Gasteiger partial charge in [0.2, 0.25) is 0 Å². The Morgan fingerprint density at radius 1 is 1.28 bits per heavy atom. The molecule has 2 heterocycles. The van der Waals surface area contributed by atoms with E-state index in [0.717, 1.165) is 24.5 Å². The van der Waals surface area contributed by atoms with Gasteiger partial charge in [0.25, 0.3) is 0 Å². The number of hydrogen-bond acceptors (Lipinski definition) is 2. The van der Waals surface area contributed by atoms with Gasteiger partial charge in [0.15, 0.2) is 0 Å². The summed E-state index contributed by atoms with van der Waals surface area (Å²) in [5.41, 5.74) is 4.57. The summed E-state index contributed by atoms with van der Waals surface area (Å²) in [6.07, 6.45) is 4.14. The van der Waals surface area contributed by atoms with E-state index in [1.54, 1.807) is 5.56 Å². The molecule has 3 aliphatic rings. The molecule has 3 atom stereocenters. The van der Waals surface area contributed by atoms with Crippen molar-refractivity contribution in [2.24, 2.45) is 0 Å². The van der Waals surface area contributed by atoms with Gasteiger partial charge in [-0.25, -0.2) is 0 Å². The quantitative estimate of drug-likeness (QED) is 0.775. The smallest absolute Gasteiger partial charge is 0.0513 e. The van der Waals surface area contributed by atoms with Gasteiger partial charge in [0.1, 0.15) is 0 Å². The second-order valence-corrected chi connectivity index (χ2v) is 5.84. The van der Waals surface area contributed by atoms with Crippen molar-refractivity contribution >= 4 is 18.1 Å². The second-order valence-electron chi connectivity index (χ2n) is 5.84. The highest BCUT2D eigenvalue weighted by molar-refractivity contribution is 5.85. The highest BCUT2D eigenvalue weighted by Gasteiger charge is 2.46. The Morgan fingerprint density at radius 3 is 3.06 bits per heavy atom. The Kier molecular flexibility index (Phi) is 3.03. The fourth-order valence-corrected chi connectivity index (χ4v) is 4.21. The fraction of sp³-hybridized carbons (Fsp3) is 0.600. The first-order chi connectivity index (χ1) is 8.34. The lowest BCUT2D eigenvalue weighted by Gasteiger charge is -2.44. The molecule has 2 fully saturated rings. The van der Waals surface area contributed by atoms with E-state index in [-0.39, 0.29) is 12.4 Å². The standard InChI is InChI=1S/C15H20N2.ClH/c1-10-5-6-14-12(9-10)11-3-2-4-13-15(11)17(14)8-7-16-13;/h5-6,9,11,13,15-16H,2-4,7-8H2,1H3;1H. The third-order valence-electron chi connectivity index (χ3n) is 4.87. The zero-order valence-corrected chi connectivity index (χ0v) is 11.7. The SMILES string of the molecule is Cc1ccc2c(c1)C1CCCC3NCCN2C31.Cl. The lowest BCUT2D eigenvalue weighted by Crippen LogP contribution is -2.59. The monoisotopic (exact) mass is 264 g/mol. The summed E-state index contributed by atoms with van der Waals surface area (Å²) in [4.78, 5) is 2.68. The number of piperazine rings is 1. The van der Waals surface area contributed by atoms with Crippen molar-refractivity contribution in [2.75, 3.05) is 18.0 Å². The van der Waals surface area contributed by atoms with Crippen molar-refractivity contribution in [2.45, 2.75) is 44.2 Å². The molecule has 98 valence electrons. The number of rotatable bonds is 0. The van der Waals surface area contributed by atoms with Crippen LogP contribution >= 0.6 is 12.4 Å². The molecule has 1 saturated heterocycles. The van der Waals surface area contributed by atoms with Crippen molar-refractivity contribution in [3.8, 4) is 0 Å². The van der Waals surface area contributed by atoms with Gasteiger partial charge < -0.3 is 10.2 Å². The predicted molar refractivity (Wildman–Crippen MR) is 77.9 cm³/mol.